The summed E-state index contributed by atoms with van der Waals surface area (Å²) >= 11 is 0. The number of fused-ring (bicyclic) bond motifs is 1. The molecule has 29 heavy (non-hydrogen) atoms. The van der Waals surface area contributed by atoms with Crippen LogP contribution in [0, 0.1) is 17.7 Å². The Hall–Kier alpha value is -2.51. The second-order valence-electron chi connectivity index (χ2n) is 7.80. The molecule has 0 bridgehead atoms. The molecule has 1 aromatic carbocycles. The van der Waals surface area contributed by atoms with Gasteiger partial charge in [-0.05, 0) is 35.2 Å². The maximum atomic E-state index is 13.9. The van der Waals surface area contributed by atoms with Gasteiger partial charge in [-0.2, -0.15) is 0 Å². The van der Waals surface area contributed by atoms with E-state index in [4.69, 9.17) is 9.47 Å². The van der Waals surface area contributed by atoms with Crippen molar-refractivity contribution in [2.75, 3.05) is 40.5 Å². The van der Waals surface area contributed by atoms with E-state index in [-0.39, 0.29) is 30.3 Å². The molecule has 0 aliphatic carbocycles. The molecule has 0 saturated carbocycles. The summed E-state index contributed by atoms with van der Waals surface area (Å²) in [4.78, 5) is 21.1. The van der Waals surface area contributed by atoms with Crippen LogP contribution >= 0.6 is 0 Å². The molecule has 1 amide bonds. The van der Waals surface area contributed by atoms with Gasteiger partial charge in [0.15, 0.2) is 0 Å². The van der Waals surface area contributed by atoms with Crippen molar-refractivity contribution >= 4 is 5.91 Å². The molecular formula is C22H26FN3O3. The molecule has 1 aromatic heterocycles. The number of hydrogen-bond acceptors (Lipinski definition) is 5. The van der Waals surface area contributed by atoms with Gasteiger partial charge in [0.05, 0.1) is 13.2 Å². The minimum atomic E-state index is -0.274. The zero-order valence-corrected chi connectivity index (χ0v) is 16.8. The van der Waals surface area contributed by atoms with E-state index in [1.807, 2.05) is 23.1 Å². The lowest BCUT2D eigenvalue weighted by Crippen LogP contribution is -2.37. The molecule has 2 fully saturated rings. The van der Waals surface area contributed by atoms with Gasteiger partial charge < -0.3 is 14.4 Å². The van der Waals surface area contributed by atoms with Crippen LogP contribution in [0.4, 0.5) is 4.39 Å². The Morgan fingerprint density at radius 1 is 1.21 bits per heavy atom. The Kier molecular flexibility index (Phi) is 5.78. The van der Waals surface area contributed by atoms with Gasteiger partial charge in [0.2, 0.25) is 11.8 Å². The van der Waals surface area contributed by atoms with E-state index in [0.717, 1.165) is 30.8 Å². The normalized spacial score (nSPS) is 24.0. The van der Waals surface area contributed by atoms with Crippen LogP contribution in [0.2, 0.25) is 0 Å². The first-order chi connectivity index (χ1) is 14.1. The van der Waals surface area contributed by atoms with Crippen LogP contribution in [0.15, 0.2) is 42.6 Å². The highest BCUT2D eigenvalue weighted by Gasteiger charge is 2.48. The van der Waals surface area contributed by atoms with Crippen LogP contribution in [0.1, 0.15) is 17.2 Å². The van der Waals surface area contributed by atoms with Crippen LogP contribution in [0.3, 0.4) is 0 Å². The number of pyridine rings is 1. The first kappa shape index (κ1) is 19.8. The molecule has 2 aliphatic rings. The first-order valence-electron chi connectivity index (χ1n) is 9.84. The van der Waals surface area contributed by atoms with Crippen molar-refractivity contribution in [3.05, 3.63) is 59.5 Å². The van der Waals surface area contributed by atoms with Crippen LogP contribution < -0.4 is 4.74 Å². The summed E-state index contributed by atoms with van der Waals surface area (Å²) in [5.41, 5.74) is 2.00. The Labute approximate surface area is 170 Å². The van der Waals surface area contributed by atoms with Crippen molar-refractivity contribution in [2.24, 2.45) is 11.8 Å². The second kappa shape index (κ2) is 8.47. The largest absolute Gasteiger partial charge is 0.481 e. The number of carbonyl (C=O) groups excluding carboxylic acids is 1. The van der Waals surface area contributed by atoms with E-state index in [2.05, 4.69) is 9.88 Å². The highest BCUT2D eigenvalue weighted by molar-refractivity contribution is 5.78. The maximum Gasteiger partial charge on any atom is 0.249 e. The molecule has 0 spiro atoms. The summed E-state index contributed by atoms with van der Waals surface area (Å²) in [7, 11) is 3.14. The van der Waals surface area contributed by atoms with Crippen molar-refractivity contribution < 1.29 is 18.7 Å². The molecule has 154 valence electrons. The molecule has 2 aliphatic heterocycles. The topological polar surface area (TPSA) is 54.9 Å². The number of benzene rings is 1. The molecule has 7 heteroatoms. The number of aromatic nitrogens is 1. The summed E-state index contributed by atoms with van der Waals surface area (Å²) in [6.45, 7) is 3.27. The molecule has 4 rings (SSSR count). The summed E-state index contributed by atoms with van der Waals surface area (Å²) < 4.78 is 24.2. The number of likely N-dealkylation sites (tertiary alicyclic amines) is 2. The fraction of sp³-hybridized carbons (Fsp3) is 0.455. The number of hydrogen-bond donors (Lipinski definition) is 0. The van der Waals surface area contributed by atoms with E-state index in [1.165, 1.54) is 13.2 Å². The summed E-state index contributed by atoms with van der Waals surface area (Å²) in [5.74, 6) is 0.912. The van der Waals surface area contributed by atoms with Gasteiger partial charge >= 0.3 is 0 Å². The van der Waals surface area contributed by atoms with Crippen LogP contribution in [-0.4, -0.2) is 61.2 Å². The average molecular weight is 399 g/mol. The zero-order valence-electron chi connectivity index (χ0n) is 16.8. The van der Waals surface area contributed by atoms with Crippen LogP contribution in [0.5, 0.6) is 5.88 Å². The fourth-order valence-corrected chi connectivity index (χ4v) is 4.77. The summed E-state index contributed by atoms with van der Waals surface area (Å²) in [6, 6.07) is 10.4. The van der Waals surface area contributed by atoms with Crippen LogP contribution in [0.25, 0.3) is 0 Å². The van der Waals surface area contributed by atoms with E-state index in [0.29, 0.717) is 18.3 Å². The van der Waals surface area contributed by atoms with Gasteiger partial charge in [-0.25, -0.2) is 9.37 Å². The number of methoxy groups -OCH3 is 2. The highest BCUT2D eigenvalue weighted by atomic mass is 19.1. The Morgan fingerprint density at radius 2 is 2.07 bits per heavy atom. The fourth-order valence-electron chi connectivity index (χ4n) is 4.77. The van der Waals surface area contributed by atoms with E-state index in [9.17, 15) is 9.18 Å². The molecule has 3 atom stereocenters. The molecule has 2 saturated heterocycles. The number of amides is 1. The molecule has 3 heterocycles. The van der Waals surface area contributed by atoms with Gasteiger partial charge in [0.1, 0.15) is 12.4 Å². The van der Waals surface area contributed by atoms with Crippen molar-refractivity contribution in [2.45, 2.75) is 12.6 Å². The Morgan fingerprint density at radius 3 is 2.83 bits per heavy atom. The molecule has 6 nitrogen and oxygen atoms in total. The van der Waals surface area contributed by atoms with Crippen molar-refractivity contribution in [1.82, 2.24) is 14.8 Å². The maximum absolute atomic E-state index is 13.9. The van der Waals surface area contributed by atoms with Crippen molar-refractivity contribution in [3.8, 4) is 5.88 Å². The molecular weight excluding hydrogens is 373 g/mol. The number of nitrogens with zero attached hydrogens (tertiary/aromatic N) is 3. The minimum absolute atomic E-state index is 0.0402. The third kappa shape index (κ3) is 4.11. The number of rotatable bonds is 6. The third-order valence-corrected chi connectivity index (χ3v) is 5.93. The third-order valence-electron chi connectivity index (χ3n) is 5.93. The summed E-state index contributed by atoms with van der Waals surface area (Å²) in [5, 5.41) is 0. The molecule has 2 aromatic rings. The predicted octanol–water partition coefficient (Wildman–Crippen LogP) is 2.51. The molecule has 0 N–H and O–H groups in total. The predicted molar refractivity (Wildman–Crippen MR) is 106 cm³/mol. The number of carbonyl (C=O) groups is 1. The smallest absolute Gasteiger partial charge is 0.249 e. The molecule has 0 radical (unpaired) electrons. The van der Waals surface area contributed by atoms with Crippen molar-refractivity contribution in [3.63, 3.8) is 0 Å². The van der Waals surface area contributed by atoms with Crippen LogP contribution in [-0.2, 0) is 16.1 Å². The lowest BCUT2D eigenvalue weighted by atomic mass is 9.89. The number of ether oxygens (including phenoxy) is 2. The average Bonchev–Trinajstić information content (AvgIpc) is 3.25. The lowest BCUT2D eigenvalue weighted by Gasteiger charge is -2.30. The van der Waals surface area contributed by atoms with Gasteiger partial charge in [-0.1, -0.05) is 12.1 Å². The van der Waals surface area contributed by atoms with Gasteiger partial charge in [0, 0.05) is 51.5 Å². The quantitative estimate of drug-likeness (QED) is 0.747. The highest BCUT2D eigenvalue weighted by Crippen LogP contribution is 2.45. The van der Waals surface area contributed by atoms with E-state index < -0.39 is 0 Å². The monoisotopic (exact) mass is 399 g/mol. The van der Waals surface area contributed by atoms with Gasteiger partial charge in [0.25, 0.3) is 0 Å². The van der Waals surface area contributed by atoms with Crippen molar-refractivity contribution in [1.29, 1.82) is 0 Å². The van der Waals surface area contributed by atoms with Gasteiger partial charge in [-0.3, -0.25) is 9.69 Å². The summed E-state index contributed by atoms with van der Waals surface area (Å²) in [6.07, 6.45) is 1.76. The zero-order chi connectivity index (χ0) is 20.4. The van der Waals surface area contributed by atoms with Gasteiger partial charge in [-0.15, -0.1) is 0 Å². The lowest BCUT2D eigenvalue weighted by molar-refractivity contribution is -0.136. The molecule has 0 unspecified atom stereocenters. The second-order valence-corrected chi connectivity index (χ2v) is 7.80. The Balaban J connectivity index is 1.54. The van der Waals surface area contributed by atoms with E-state index >= 15 is 0 Å². The standard InChI is InChI=1S/C22H26FN3O3/c1-28-14-21(27)26-12-17-11-25(10-15-6-7-24-20(8-15)29-2)13-19(17)22(26)16-4-3-5-18(23)9-16/h3-9,17,19,22H,10-14H2,1-2H3/t17-,19-,22+/m1/s1. The SMILES string of the molecule is COCC(=O)N1C[C@H]2CN(Cc3ccnc(OC)c3)C[C@H]2[C@@H]1c1cccc(F)c1. The number of halogens is 1. The Bertz CT molecular complexity index is 878. The first-order valence-corrected chi connectivity index (χ1v) is 9.84. The minimum Gasteiger partial charge on any atom is -0.481 e. The van der Waals surface area contributed by atoms with E-state index in [1.54, 1.807) is 25.4 Å².